The fourth-order valence-corrected chi connectivity index (χ4v) is 4.28. The van der Waals surface area contributed by atoms with E-state index in [0.29, 0.717) is 32.7 Å². The first kappa shape index (κ1) is 19.1. The summed E-state index contributed by atoms with van der Waals surface area (Å²) < 4.78 is 11.5. The third kappa shape index (κ3) is 4.41. The quantitative estimate of drug-likeness (QED) is 0.823. The molecule has 0 spiro atoms. The summed E-state index contributed by atoms with van der Waals surface area (Å²) in [5, 5.41) is 5.80. The Kier molecular flexibility index (Phi) is 6.00. The second-order valence-corrected chi connectivity index (χ2v) is 7.79. The highest BCUT2D eigenvalue weighted by Crippen LogP contribution is 2.37. The number of likely N-dealkylation sites (tertiary alicyclic amines) is 1. The number of carbonyl (C=O) groups excluding carboxylic acids is 2. The average molecular weight is 387 g/mol. The van der Waals surface area contributed by atoms with E-state index < -0.39 is 6.04 Å². The molecule has 2 fully saturated rings. The molecule has 7 nitrogen and oxygen atoms in total. The van der Waals surface area contributed by atoms with Crippen molar-refractivity contribution in [2.75, 3.05) is 32.8 Å². The number of hydrogen-bond donors (Lipinski definition) is 2. The summed E-state index contributed by atoms with van der Waals surface area (Å²) in [6, 6.07) is 5.88. The molecule has 4 rings (SSSR count). The van der Waals surface area contributed by atoms with E-state index in [4.69, 9.17) is 9.47 Å². The molecule has 28 heavy (non-hydrogen) atoms. The van der Waals surface area contributed by atoms with Gasteiger partial charge in [-0.2, -0.15) is 0 Å². The topological polar surface area (TPSA) is 79.9 Å². The summed E-state index contributed by atoms with van der Waals surface area (Å²) in [5.41, 5.74) is 1.15. The van der Waals surface area contributed by atoms with Gasteiger partial charge < -0.3 is 20.1 Å². The van der Waals surface area contributed by atoms with Crippen molar-refractivity contribution >= 4 is 11.8 Å². The van der Waals surface area contributed by atoms with Crippen LogP contribution in [0.1, 0.15) is 50.1 Å². The normalized spacial score (nSPS) is 25.5. The Hall–Kier alpha value is -2.28. The number of fused-ring (bicyclic) bond motifs is 1. The molecule has 1 aromatic carbocycles. The number of hydrogen-bond acceptors (Lipinski definition) is 5. The lowest BCUT2D eigenvalue weighted by molar-refractivity contribution is -0.129. The molecule has 152 valence electrons. The zero-order chi connectivity index (χ0) is 19.3. The molecule has 0 saturated carbocycles. The molecule has 2 amide bonds. The van der Waals surface area contributed by atoms with Gasteiger partial charge in [0.25, 0.3) is 0 Å². The maximum atomic E-state index is 12.6. The van der Waals surface area contributed by atoms with Crippen LogP contribution in [0.25, 0.3) is 0 Å². The molecule has 2 atom stereocenters. The van der Waals surface area contributed by atoms with E-state index in [-0.39, 0.29) is 17.9 Å². The van der Waals surface area contributed by atoms with Crippen LogP contribution in [0.5, 0.6) is 11.5 Å². The van der Waals surface area contributed by atoms with E-state index in [1.807, 2.05) is 6.07 Å². The Balaban J connectivity index is 1.40. The Morgan fingerprint density at radius 3 is 2.86 bits per heavy atom. The molecule has 0 bridgehead atoms. The van der Waals surface area contributed by atoms with E-state index in [1.165, 1.54) is 0 Å². The van der Waals surface area contributed by atoms with Crippen LogP contribution in [0.4, 0.5) is 0 Å². The third-order valence-electron chi connectivity index (χ3n) is 5.74. The van der Waals surface area contributed by atoms with Gasteiger partial charge in [-0.25, -0.2) is 0 Å². The Morgan fingerprint density at radius 1 is 1.11 bits per heavy atom. The van der Waals surface area contributed by atoms with Crippen molar-refractivity contribution in [1.29, 1.82) is 0 Å². The van der Waals surface area contributed by atoms with Crippen molar-refractivity contribution in [3.05, 3.63) is 23.8 Å². The van der Waals surface area contributed by atoms with Crippen molar-refractivity contribution in [2.24, 2.45) is 0 Å². The molecule has 2 N–H and O–H groups in total. The minimum absolute atomic E-state index is 0.0632. The Labute approximate surface area is 165 Å². The zero-order valence-electron chi connectivity index (χ0n) is 16.2. The summed E-state index contributed by atoms with van der Waals surface area (Å²) in [6.07, 6.45) is 5.58. The molecular weight excluding hydrogens is 358 g/mol. The summed E-state index contributed by atoms with van der Waals surface area (Å²) in [5.74, 6) is 1.44. The van der Waals surface area contributed by atoms with Crippen molar-refractivity contribution < 1.29 is 19.1 Å². The minimum Gasteiger partial charge on any atom is -0.490 e. The molecule has 3 heterocycles. The maximum absolute atomic E-state index is 12.6. The van der Waals surface area contributed by atoms with Gasteiger partial charge in [-0.15, -0.1) is 0 Å². The van der Waals surface area contributed by atoms with Gasteiger partial charge >= 0.3 is 0 Å². The van der Waals surface area contributed by atoms with Gasteiger partial charge in [-0.1, -0.05) is 6.07 Å². The maximum Gasteiger partial charge on any atom is 0.242 e. The van der Waals surface area contributed by atoms with Gasteiger partial charge in [0, 0.05) is 19.0 Å². The average Bonchev–Trinajstić information content (AvgIpc) is 2.88. The highest BCUT2D eigenvalue weighted by molar-refractivity contribution is 5.88. The number of ether oxygens (including phenoxy) is 2. The summed E-state index contributed by atoms with van der Waals surface area (Å²) in [7, 11) is 0. The predicted molar refractivity (Wildman–Crippen MR) is 104 cm³/mol. The molecule has 7 heteroatoms. The molecule has 3 aliphatic heterocycles. The van der Waals surface area contributed by atoms with E-state index in [2.05, 4.69) is 27.7 Å². The van der Waals surface area contributed by atoms with Crippen LogP contribution in [0.15, 0.2) is 18.2 Å². The lowest BCUT2D eigenvalue weighted by Gasteiger charge is -2.26. The SMILES string of the molecule is O=C(CN1CCCC1c1ccc2c(c1)OCCCO2)NC1CCCCNC1=O. The predicted octanol–water partition coefficient (Wildman–Crippen LogP) is 1.77. The highest BCUT2D eigenvalue weighted by atomic mass is 16.5. The molecule has 0 radical (unpaired) electrons. The van der Waals surface area contributed by atoms with Crippen LogP contribution < -0.4 is 20.1 Å². The van der Waals surface area contributed by atoms with Crippen molar-refractivity contribution in [1.82, 2.24) is 15.5 Å². The van der Waals surface area contributed by atoms with Crippen LogP contribution in [0.3, 0.4) is 0 Å². The van der Waals surface area contributed by atoms with Gasteiger partial charge in [-0.05, 0) is 56.3 Å². The third-order valence-corrected chi connectivity index (χ3v) is 5.74. The van der Waals surface area contributed by atoms with Crippen LogP contribution in [0.2, 0.25) is 0 Å². The molecule has 2 unspecified atom stereocenters. The second kappa shape index (κ2) is 8.82. The highest BCUT2D eigenvalue weighted by Gasteiger charge is 2.30. The van der Waals surface area contributed by atoms with Crippen molar-refractivity contribution in [3.63, 3.8) is 0 Å². The van der Waals surface area contributed by atoms with E-state index in [9.17, 15) is 9.59 Å². The molecule has 2 saturated heterocycles. The van der Waals surface area contributed by atoms with Gasteiger partial charge in [0.2, 0.25) is 11.8 Å². The number of benzene rings is 1. The van der Waals surface area contributed by atoms with Gasteiger partial charge in [0.05, 0.1) is 19.8 Å². The lowest BCUT2D eigenvalue weighted by Crippen LogP contribution is -2.48. The first-order valence-corrected chi connectivity index (χ1v) is 10.4. The van der Waals surface area contributed by atoms with Gasteiger partial charge in [0.15, 0.2) is 11.5 Å². The van der Waals surface area contributed by atoms with Crippen molar-refractivity contribution in [2.45, 2.75) is 50.6 Å². The fraction of sp³-hybridized carbons (Fsp3) is 0.619. The first-order valence-electron chi connectivity index (χ1n) is 10.4. The van der Waals surface area contributed by atoms with E-state index in [1.54, 1.807) is 0 Å². The fourth-order valence-electron chi connectivity index (χ4n) is 4.28. The first-order chi connectivity index (χ1) is 13.7. The number of carbonyl (C=O) groups is 2. The lowest BCUT2D eigenvalue weighted by atomic mass is 10.0. The number of rotatable bonds is 4. The van der Waals surface area contributed by atoms with E-state index in [0.717, 1.165) is 55.7 Å². The molecule has 1 aromatic rings. The summed E-state index contributed by atoms with van der Waals surface area (Å²) >= 11 is 0. The number of nitrogens with zero attached hydrogens (tertiary/aromatic N) is 1. The molecule has 0 aliphatic carbocycles. The van der Waals surface area contributed by atoms with Gasteiger partial charge in [-0.3, -0.25) is 14.5 Å². The van der Waals surface area contributed by atoms with Gasteiger partial charge in [0.1, 0.15) is 6.04 Å². The summed E-state index contributed by atoms with van der Waals surface area (Å²) in [4.78, 5) is 26.9. The second-order valence-electron chi connectivity index (χ2n) is 7.79. The largest absolute Gasteiger partial charge is 0.490 e. The van der Waals surface area contributed by atoms with Crippen LogP contribution >= 0.6 is 0 Å². The van der Waals surface area contributed by atoms with Crippen LogP contribution in [-0.2, 0) is 9.59 Å². The zero-order valence-corrected chi connectivity index (χ0v) is 16.2. The smallest absolute Gasteiger partial charge is 0.242 e. The van der Waals surface area contributed by atoms with Crippen LogP contribution in [0, 0.1) is 0 Å². The molecule has 0 aromatic heterocycles. The number of nitrogens with one attached hydrogen (secondary N) is 2. The summed E-state index contributed by atoms with van der Waals surface area (Å²) in [6.45, 7) is 3.23. The Bertz CT molecular complexity index is 724. The monoisotopic (exact) mass is 387 g/mol. The van der Waals surface area contributed by atoms with Crippen molar-refractivity contribution in [3.8, 4) is 11.5 Å². The minimum atomic E-state index is -0.408. The molecular formula is C21H29N3O4. The standard InChI is InChI=1S/C21H29N3O4/c25-20(23-16-5-1-2-9-22-21(16)26)14-24-10-3-6-17(24)15-7-8-18-19(13-15)28-12-4-11-27-18/h7-8,13,16-17H,1-6,9-12,14H2,(H,22,26)(H,23,25). The number of amides is 2. The Morgan fingerprint density at radius 2 is 1.96 bits per heavy atom. The molecule has 3 aliphatic rings. The van der Waals surface area contributed by atoms with E-state index >= 15 is 0 Å². The van der Waals surface area contributed by atoms with Crippen LogP contribution in [-0.4, -0.2) is 55.6 Å².